The molecule has 2 aliphatic rings. The van der Waals surface area contributed by atoms with Gasteiger partial charge in [0.2, 0.25) is 0 Å². The quantitative estimate of drug-likeness (QED) is 0.847. The van der Waals surface area contributed by atoms with Gasteiger partial charge < -0.3 is 19.6 Å². The molecule has 2 fully saturated rings. The smallest absolute Gasteiger partial charge is 0.318 e. The molecule has 3 heterocycles. The highest BCUT2D eigenvalue weighted by Crippen LogP contribution is 2.32. The lowest BCUT2D eigenvalue weighted by molar-refractivity contribution is 0.180. The predicted octanol–water partition coefficient (Wildman–Crippen LogP) is 2.71. The SMILES string of the molecule is Cc1cc([C@H]2CCCN2C(=O)NCCCN2CCCCC2)on1. The third kappa shape index (κ3) is 4.25. The van der Waals surface area contributed by atoms with Gasteiger partial charge in [0.15, 0.2) is 5.76 Å². The number of aromatic nitrogens is 1. The number of likely N-dealkylation sites (tertiary alicyclic amines) is 2. The average Bonchev–Trinajstić information content (AvgIpc) is 3.21. The number of rotatable bonds is 5. The van der Waals surface area contributed by atoms with E-state index in [1.54, 1.807) is 0 Å². The Labute approximate surface area is 138 Å². The molecule has 1 aromatic rings. The number of piperidine rings is 1. The van der Waals surface area contributed by atoms with Crippen LogP contribution in [-0.2, 0) is 0 Å². The van der Waals surface area contributed by atoms with Gasteiger partial charge in [-0.15, -0.1) is 0 Å². The van der Waals surface area contributed by atoms with E-state index in [1.807, 2.05) is 17.9 Å². The van der Waals surface area contributed by atoms with E-state index >= 15 is 0 Å². The van der Waals surface area contributed by atoms with Crippen LogP contribution >= 0.6 is 0 Å². The standard InChI is InChI=1S/C17H28N4O2/c1-14-13-16(23-19-14)15-7-5-12-21(15)17(22)18-8-6-11-20-9-3-2-4-10-20/h13,15H,2-12H2,1H3,(H,18,22)/t15-/m1/s1. The molecule has 0 radical (unpaired) electrons. The van der Waals surface area contributed by atoms with Crippen molar-refractivity contribution in [2.24, 2.45) is 0 Å². The second kappa shape index (κ2) is 7.81. The number of nitrogens with zero attached hydrogens (tertiary/aromatic N) is 3. The van der Waals surface area contributed by atoms with Gasteiger partial charge in [0.05, 0.1) is 11.7 Å². The van der Waals surface area contributed by atoms with Gasteiger partial charge in [-0.1, -0.05) is 11.6 Å². The zero-order valence-corrected chi connectivity index (χ0v) is 14.1. The van der Waals surface area contributed by atoms with Crippen LogP contribution in [-0.4, -0.2) is 53.7 Å². The van der Waals surface area contributed by atoms with Crippen molar-refractivity contribution in [3.05, 3.63) is 17.5 Å². The van der Waals surface area contributed by atoms with Gasteiger partial charge in [-0.25, -0.2) is 4.79 Å². The van der Waals surface area contributed by atoms with E-state index in [9.17, 15) is 4.79 Å². The first-order chi connectivity index (χ1) is 11.2. The predicted molar refractivity (Wildman–Crippen MR) is 88.2 cm³/mol. The maximum atomic E-state index is 12.4. The average molecular weight is 320 g/mol. The summed E-state index contributed by atoms with van der Waals surface area (Å²) in [6, 6.07) is 2.01. The van der Waals surface area contributed by atoms with Gasteiger partial charge in [0.25, 0.3) is 0 Å². The minimum atomic E-state index is 0.0280. The fraction of sp³-hybridized carbons (Fsp3) is 0.765. The van der Waals surface area contributed by atoms with Crippen LogP contribution in [0.3, 0.4) is 0 Å². The molecule has 1 N–H and O–H groups in total. The summed E-state index contributed by atoms with van der Waals surface area (Å²) in [5, 5.41) is 7.01. The topological polar surface area (TPSA) is 61.6 Å². The molecule has 0 bridgehead atoms. The number of hydrogen-bond donors (Lipinski definition) is 1. The zero-order valence-electron chi connectivity index (χ0n) is 14.1. The summed E-state index contributed by atoms with van der Waals surface area (Å²) >= 11 is 0. The van der Waals surface area contributed by atoms with Gasteiger partial charge in [-0.2, -0.15) is 0 Å². The molecule has 0 spiro atoms. The van der Waals surface area contributed by atoms with Crippen LogP contribution in [0.2, 0.25) is 0 Å². The Balaban J connectivity index is 1.42. The second-order valence-corrected chi connectivity index (χ2v) is 6.71. The van der Waals surface area contributed by atoms with Gasteiger partial charge in [-0.05, 0) is 58.7 Å². The van der Waals surface area contributed by atoms with Crippen LogP contribution in [0.25, 0.3) is 0 Å². The van der Waals surface area contributed by atoms with Crippen molar-refractivity contribution >= 4 is 6.03 Å². The summed E-state index contributed by atoms with van der Waals surface area (Å²) < 4.78 is 5.36. The van der Waals surface area contributed by atoms with Gasteiger partial charge in [0, 0.05) is 19.2 Å². The highest BCUT2D eigenvalue weighted by atomic mass is 16.5. The first-order valence-electron chi connectivity index (χ1n) is 8.94. The number of amides is 2. The third-order valence-electron chi connectivity index (χ3n) is 4.86. The van der Waals surface area contributed by atoms with Crippen molar-refractivity contribution in [1.29, 1.82) is 0 Å². The lowest BCUT2D eigenvalue weighted by Crippen LogP contribution is -2.40. The van der Waals surface area contributed by atoms with E-state index in [-0.39, 0.29) is 12.1 Å². The number of nitrogens with one attached hydrogen (secondary N) is 1. The van der Waals surface area contributed by atoms with Crippen molar-refractivity contribution in [3.8, 4) is 0 Å². The van der Waals surface area contributed by atoms with Crippen molar-refractivity contribution in [2.45, 2.75) is 51.5 Å². The Kier molecular flexibility index (Phi) is 5.54. The molecule has 6 heteroatoms. The molecular formula is C17H28N4O2. The Bertz CT molecular complexity index is 510. The largest absolute Gasteiger partial charge is 0.359 e. The summed E-state index contributed by atoms with van der Waals surface area (Å²) in [7, 11) is 0. The molecule has 1 aromatic heterocycles. The normalized spacial score (nSPS) is 22.5. The van der Waals surface area contributed by atoms with E-state index < -0.39 is 0 Å². The molecule has 0 saturated carbocycles. The van der Waals surface area contributed by atoms with E-state index in [2.05, 4.69) is 15.4 Å². The van der Waals surface area contributed by atoms with Gasteiger partial charge in [0.1, 0.15) is 0 Å². The minimum absolute atomic E-state index is 0.0280. The number of carbonyl (C=O) groups is 1. The highest BCUT2D eigenvalue weighted by molar-refractivity contribution is 5.75. The summed E-state index contributed by atoms with van der Waals surface area (Å²) in [4.78, 5) is 16.8. The molecule has 2 aliphatic heterocycles. The Morgan fingerprint density at radius 1 is 1.30 bits per heavy atom. The Morgan fingerprint density at radius 2 is 2.13 bits per heavy atom. The lowest BCUT2D eigenvalue weighted by Gasteiger charge is -2.27. The summed E-state index contributed by atoms with van der Waals surface area (Å²) in [5.41, 5.74) is 0.869. The second-order valence-electron chi connectivity index (χ2n) is 6.71. The molecule has 1 atom stereocenters. The van der Waals surface area contributed by atoms with Crippen molar-refractivity contribution in [1.82, 2.24) is 20.3 Å². The number of hydrogen-bond acceptors (Lipinski definition) is 4. The lowest BCUT2D eigenvalue weighted by atomic mass is 10.1. The van der Waals surface area contributed by atoms with Gasteiger partial charge >= 0.3 is 6.03 Å². The minimum Gasteiger partial charge on any atom is -0.359 e. The Morgan fingerprint density at radius 3 is 2.87 bits per heavy atom. The fourth-order valence-corrected chi connectivity index (χ4v) is 3.63. The van der Waals surface area contributed by atoms with Crippen molar-refractivity contribution < 1.29 is 9.32 Å². The molecular weight excluding hydrogens is 292 g/mol. The van der Waals surface area contributed by atoms with Crippen LogP contribution in [0, 0.1) is 6.92 Å². The maximum absolute atomic E-state index is 12.4. The molecule has 0 aliphatic carbocycles. The van der Waals surface area contributed by atoms with E-state index in [0.29, 0.717) is 0 Å². The summed E-state index contributed by atoms with van der Waals surface area (Å²) in [5.74, 6) is 0.809. The fourth-order valence-electron chi connectivity index (χ4n) is 3.63. The molecule has 0 unspecified atom stereocenters. The highest BCUT2D eigenvalue weighted by Gasteiger charge is 2.32. The zero-order chi connectivity index (χ0) is 16.1. The molecule has 2 saturated heterocycles. The monoisotopic (exact) mass is 320 g/mol. The summed E-state index contributed by atoms with van der Waals surface area (Å²) in [6.45, 7) is 6.97. The Hall–Kier alpha value is -1.56. The van der Waals surface area contributed by atoms with Crippen molar-refractivity contribution in [2.75, 3.05) is 32.7 Å². The molecule has 23 heavy (non-hydrogen) atoms. The third-order valence-corrected chi connectivity index (χ3v) is 4.86. The molecule has 3 rings (SSSR count). The van der Waals surface area contributed by atoms with E-state index in [0.717, 1.165) is 50.4 Å². The van der Waals surface area contributed by atoms with Crippen LogP contribution in [0.15, 0.2) is 10.6 Å². The number of aryl methyl sites for hydroxylation is 1. The van der Waals surface area contributed by atoms with Crippen LogP contribution in [0.4, 0.5) is 4.79 Å². The van der Waals surface area contributed by atoms with Crippen LogP contribution in [0.1, 0.15) is 56.0 Å². The molecule has 2 amide bonds. The maximum Gasteiger partial charge on any atom is 0.318 e. The van der Waals surface area contributed by atoms with E-state index in [1.165, 1.54) is 32.4 Å². The van der Waals surface area contributed by atoms with Gasteiger partial charge in [-0.3, -0.25) is 0 Å². The van der Waals surface area contributed by atoms with Crippen LogP contribution < -0.4 is 5.32 Å². The molecule has 6 nitrogen and oxygen atoms in total. The number of urea groups is 1. The molecule has 0 aromatic carbocycles. The summed E-state index contributed by atoms with van der Waals surface area (Å²) in [6.07, 6.45) is 6.99. The molecule has 128 valence electrons. The first kappa shape index (κ1) is 16.3. The van der Waals surface area contributed by atoms with Crippen LogP contribution in [0.5, 0.6) is 0 Å². The van der Waals surface area contributed by atoms with E-state index in [4.69, 9.17) is 4.52 Å². The van der Waals surface area contributed by atoms with Crippen molar-refractivity contribution in [3.63, 3.8) is 0 Å². The first-order valence-corrected chi connectivity index (χ1v) is 8.94. The number of carbonyl (C=O) groups excluding carboxylic acids is 1.